The van der Waals surface area contributed by atoms with Crippen LogP contribution < -0.4 is 10.5 Å². The predicted molar refractivity (Wildman–Crippen MR) is 127 cm³/mol. The Bertz CT molecular complexity index is 1400. The molecule has 0 aliphatic heterocycles. The third kappa shape index (κ3) is 4.92. The first-order valence-electron chi connectivity index (χ1n) is 10.0. The quantitative estimate of drug-likeness (QED) is 0.348. The van der Waals surface area contributed by atoms with E-state index in [2.05, 4.69) is 20.0 Å². The summed E-state index contributed by atoms with van der Waals surface area (Å²) >= 11 is 0. The molecule has 0 saturated heterocycles. The number of hydrogen-bond donors (Lipinski definition) is 3. The number of benzene rings is 3. The number of anilines is 2. The van der Waals surface area contributed by atoms with Crippen LogP contribution in [0, 0.1) is 6.92 Å². The molecule has 168 valence electrons. The van der Waals surface area contributed by atoms with E-state index >= 15 is 0 Å². The molecule has 0 unspecified atom stereocenters. The minimum Gasteiger partial charge on any atom is -0.392 e. The monoisotopic (exact) mass is 462 g/mol. The number of nitrogen functional groups attached to an aromatic ring is 1. The van der Waals surface area contributed by atoms with Gasteiger partial charge < -0.3 is 10.8 Å². The number of nitrogens with zero attached hydrogens (tertiary/aromatic N) is 4. The standard InChI is InChI=1S/C23H22N6O3S/c1-16-22(23(24)29(27-16)20-8-3-2-4-9-20)26-25-18-10-12-21(13-11-18)33(31,32)28-19-7-5-6-17(14-19)15-30/h2-14,28,30H,15,24H2,1H3. The summed E-state index contributed by atoms with van der Waals surface area (Å²) in [6.45, 7) is 1.61. The van der Waals surface area contributed by atoms with E-state index < -0.39 is 10.0 Å². The van der Waals surface area contributed by atoms with Gasteiger partial charge in [0.25, 0.3) is 10.0 Å². The van der Waals surface area contributed by atoms with Crippen molar-refractivity contribution >= 4 is 32.9 Å². The van der Waals surface area contributed by atoms with E-state index in [9.17, 15) is 13.5 Å². The molecule has 0 radical (unpaired) electrons. The Morgan fingerprint density at radius 1 is 1.00 bits per heavy atom. The number of hydrogen-bond acceptors (Lipinski definition) is 7. The summed E-state index contributed by atoms with van der Waals surface area (Å²) in [5, 5.41) is 22.1. The lowest BCUT2D eigenvalue weighted by Gasteiger charge is -2.09. The molecule has 4 rings (SSSR count). The minimum atomic E-state index is -3.80. The van der Waals surface area contributed by atoms with Crippen molar-refractivity contribution in [2.24, 2.45) is 10.2 Å². The fourth-order valence-electron chi connectivity index (χ4n) is 3.17. The van der Waals surface area contributed by atoms with Gasteiger partial charge >= 0.3 is 0 Å². The van der Waals surface area contributed by atoms with Crippen LogP contribution in [0.5, 0.6) is 0 Å². The summed E-state index contributed by atoms with van der Waals surface area (Å²) in [4.78, 5) is 0.0726. The van der Waals surface area contributed by atoms with Crippen molar-refractivity contribution in [1.29, 1.82) is 0 Å². The zero-order valence-electron chi connectivity index (χ0n) is 17.8. The van der Waals surface area contributed by atoms with Crippen molar-refractivity contribution in [3.63, 3.8) is 0 Å². The number of aryl methyl sites for hydroxylation is 1. The van der Waals surface area contributed by atoms with Crippen molar-refractivity contribution in [3.8, 4) is 5.69 Å². The molecule has 9 nitrogen and oxygen atoms in total. The lowest BCUT2D eigenvalue weighted by atomic mass is 10.2. The molecule has 33 heavy (non-hydrogen) atoms. The van der Waals surface area contributed by atoms with Crippen molar-refractivity contribution < 1.29 is 13.5 Å². The summed E-state index contributed by atoms with van der Waals surface area (Å²) in [7, 11) is -3.80. The highest BCUT2D eigenvalue weighted by atomic mass is 32.2. The van der Waals surface area contributed by atoms with Gasteiger partial charge in [0.15, 0.2) is 11.5 Å². The Morgan fingerprint density at radius 2 is 1.73 bits per heavy atom. The summed E-state index contributed by atoms with van der Waals surface area (Å²) in [5.41, 5.74) is 9.53. The number of nitrogens with one attached hydrogen (secondary N) is 1. The molecular formula is C23H22N6O3S. The number of para-hydroxylation sites is 1. The van der Waals surface area contributed by atoms with E-state index in [-0.39, 0.29) is 11.5 Å². The molecule has 0 aliphatic rings. The van der Waals surface area contributed by atoms with E-state index in [4.69, 9.17) is 5.73 Å². The molecule has 0 aliphatic carbocycles. The zero-order chi connectivity index (χ0) is 23.4. The van der Waals surface area contributed by atoms with Crippen molar-refractivity contribution in [1.82, 2.24) is 9.78 Å². The molecule has 3 aromatic carbocycles. The van der Waals surface area contributed by atoms with Crippen LogP contribution in [-0.2, 0) is 16.6 Å². The lowest BCUT2D eigenvalue weighted by Crippen LogP contribution is -2.12. The molecule has 0 spiro atoms. The van der Waals surface area contributed by atoms with Crippen LogP contribution >= 0.6 is 0 Å². The van der Waals surface area contributed by atoms with Gasteiger partial charge in [0.2, 0.25) is 0 Å². The summed E-state index contributed by atoms with van der Waals surface area (Å²) < 4.78 is 29.4. The molecule has 4 aromatic rings. The van der Waals surface area contributed by atoms with Crippen LogP contribution in [-0.4, -0.2) is 23.3 Å². The van der Waals surface area contributed by atoms with Gasteiger partial charge in [0.05, 0.1) is 28.6 Å². The Hall–Kier alpha value is -4.02. The van der Waals surface area contributed by atoms with Crippen LogP contribution in [0.15, 0.2) is 94.0 Å². The van der Waals surface area contributed by atoms with Crippen LogP contribution in [0.4, 0.5) is 22.9 Å². The van der Waals surface area contributed by atoms with E-state index in [1.807, 2.05) is 30.3 Å². The number of aliphatic hydroxyl groups excluding tert-OH is 1. The summed E-state index contributed by atoms with van der Waals surface area (Å²) in [6.07, 6.45) is 0. The molecule has 10 heteroatoms. The Balaban J connectivity index is 1.53. The first-order valence-corrected chi connectivity index (χ1v) is 11.5. The fraction of sp³-hybridized carbons (Fsp3) is 0.0870. The molecule has 0 amide bonds. The number of rotatable bonds is 7. The van der Waals surface area contributed by atoms with Crippen molar-refractivity contribution in [3.05, 3.63) is 90.1 Å². The van der Waals surface area contributed by atoms with Gasteiger partial charge in [0.1, 0.15) is 0 Å². The fourth-order valence-corrected chi connectivity index (χ4v) is 4.22. The van der Waals surface area contributed by atoms with Gasteiger partial charge in [-0.3, -0.25) is 4.72 Å². The second-order valence-electron chi connectivity index (χ2n) is 7.22. The molecule has 0 saturated carbocycles. The van der Waals surface area contributed by atoms with E-state index in [0.29, 0.717) is 34.1 Å². The predicted octanol–water partition coefficient (Wildman–Crippen LogP) is 4.47. The number of azo groups is 1. The van der Waals surface area contributed by atoms with Crippen LogP contribution in [0.1, 0.15) is 11.3 Å². The highest BCUT2D eigenvalue weighted by Gasteiger charge is 2.15. The highest BCUT2D eigenvalue weighted by Crippen LogP contribution is 2.30. The van der Waals surface area contributed by atoms with E-state index in [0.717, 1.165) is 5.69 Å². The van der Waals surface area contributed by atoms with Gasteiger partial charge in [-0.15, -0.1) is 5.11 Å². The molecular weight excluding hydrogens is 440 g/mol. The second kappa shape index (κ2) is 9.23. The van der Waals surface area contributed by atoms with Crippen LogP contribution in [0.25, 0.3) is 5.69 Å². The first-order chi connectivity index (χ1) is 15.9. The third-order valence-electron chi connectivity index (χ3n) is 4.84. The molecule has 0 fully saturated rings. The average Bonchev–Trinajstić information content (AvgIpc) is 3.11. The van der Waals surface area contributed by atoms with Gasteiger partial charge in [0, 0.05) is 5.69 Å². The zero-order valence-corrected chi connectivity index (χ0v) is 18.6. The van der Waals surface area contributed by atoms with Crippen molar-refractivity contribution in [2.75, 3.05) is 10.5 Å². The Morgan fingerprint density at radius 3 is 2.42 bits per heavy atom. The maximum Gasteiger partial charge on any atom is 0.261 e. The Kier molecular flexibility index (Phi) is 6.20. The number of nitrogens with two attached hydrogens (primary N) is 1. The summed E-state index contributed by atoms with van der Waals surface area (Å²) in [6, 6.07) is 22.0. The largest absolute Gasteiger partial charge is 0.392 e. The molecule has 1 heterocycles. The Labute approximate surface area is 191 Å². The summed E-state index contributed by atoms with van der Waals surface area (Å²) in [5.74, 6) is 0.357. The topological polar surface area (TPSA) is 135 Å². The van der Waals surface area contributed by atoms with E-state index in [1.165, 1.54) is 12.1 Å². The molecule has 0 bridgehead atoms. The van der Waals surface area contributed by atoms with Gasteiger partial charge in [-0.25, -0.2) is 13.1 Å². The normalized spacial score (nSPS) is 11.7. The molecule has 0 atom stereocenters. The van der Waals surface area contributed by atoms with Crippen LogP contribution in [0.2, 0.25) is 0 Å². The number of aromatic nitrogens is 2. The average molecular weight is 463 g/mol. The number of sulfonamides is 1. The van der Waals surface area contributed by atoms with Gasteiger partial charge in [-0.2, -0.15) is 10.2 Å². The third-order valence-corrected chi connectivity index (χ3v) is 6.24. The van der Waals surface area contributed by atoms with Gasteiger partial charge in [-0.05, 0) is 61.0 Å². The van der Waals surface area contributed by atoms with Crippen molar-refractivity contribution in [2.45, 2.75) is 18.4 Å². The maximum absolute atomic E-state index is 12.7. The minimum absolute atomic E-state index is 0.0726. The SMILES string of the molecule is Cc1nn(-c2ccccc2)c(N)c1N=Nc1ccc(S(=O)(=O)Nc2cccc(CO)c2)cc1. The molecule has 4 N–H and O–H groups in total. The smallest absolute Gasteiger partial charge is 0.261 e. The second-order valence-corrected chi connectivity index (χ2v) is 8.91. The number of aliphatic hydroxyl groups is 1. The van der Waals surface area contributed by atoms with Gasteiger partial charge in [-0.1, -0.05) is 30.3 Å². The van der Waals surface area contributed by atoms with E-state index in [1.54, 1.807) is 48.0 Å². The maximum atomic E-state index is 12.7. The van der Waals surface area contributed by atoms with Crippen LogP contribution in [0.3, 0.4) is 0 Å². The lowest BCUT2D eigenvalue weighted by molar-refractivity contribution is 0.282. The first kappa shape index (κ1) is 22.2. The highest BCUT2D eigenvalue weighted by molar-refractivity contribution is 7.92. The molecule has 1 aromatic heterocycles.